The molecule has 0 saturated carbocycles. The second-order valence-corrected chi connectivity index (χ2v) is 24.8. The normalized spacial score (nSPS) is 11.5. The molecule has 6 aromatic rings. The predicted octanol–water partition coefficient (Wildman–Crippen LogP) is 11.4. The maximum Gasteiger partial charge on any atom is -0.0809 e. The van der Waals surface area contributed by atoms with Crippen LogP contribution in [0.4, 0.5) is 0 Å². The standard InChI is InChI=1S/C25H38Si2.2C9H7.Hf/c1-7-26(8-2,9-3)24-17-13-22(14-18-24)21-23-15-19-25(20-16-23)27(10-4,11-5)12-6;2*1-2-5-9-7-3-6-8(9)4-1;/h13-20H,7-12H2,1-6H3;2*1-7H;/q;2*-1;+2. The fraction of sp³-hybridized carbons (Fsp3) is 0.279. The molecule has 0 aromatic heterocycles. The topological polar surface area (TPSA) is 0 Å². The minimum atomic E-state index is -1.27. The van der Waals surface area contributed by atoms with E-state index in [2.05, 4.69) is 175 Å². The zero-order valence-corrected chi connectivity index (χ0v) is 34.5. The Balaban J connectivity index is 0.000000211. The molecule has 0 amide bonds. The van der Waals surface area contributed by atoms with Crippen LogP contribution >= 0.6 is 0 Å². The average molecular weight is 804 g/mol. The molecule has 0 fully saturated rings. The van der Waals surface area contributed by atoms with Gasteiger partial charge in [-0.1, -0.05) is 12.1 Å². The van der Waals surface area contributed by atoms with Crippen LogP contribution in [-0.2, 0) is 23.9 Å². The smallest absolute Gasteiger partial charge is 0.0809 e. The van der Waals surface area contributed by atoms with Crippen molar-refractivity contribution < 1.29 is 23.9 Å². The van der Waals surface area contributed by atoms with E-state index in [0.29, 0.717) is 0 Å². The Morgan fingerprint density at radius 3 is 1.09 bits per heavy atom. The SMILES string of the molecule is CC[Si](CC)(CC)c1ccc([C](=[Hf+2])c2ccc([Si](CC)(CC)CC)cc2)cc1.c1ccc2[cH-]ccc2c1.c1ccc2[cH-]ccc2c1. The summed E-state index contributed by atoms with van der Waals surface area (Å²) in [5.41, 5.74) is 2.86. The van der Waals surface area contributed by atoms with Gasteiger partial charge >= 0.3 is 191 Å². The Morgan fingerprint density at radius 1 is 0.457 bits per heavy atom. The molecule has 0 aliphatic heterocycles. The van der Waals surface area contributed by atoms with Gasteiger partial charge in [-0.25, -0.2) is 0 Å². The van der Waals surface area contributed by atoms with E-state index >= 15 is 0 Å². The van der Waals surface area contributed by atoms with E-state index < -0.39 is 16.1 Å². The van der Waals surface area contributed by atoms with Crippen molar-refractivity contribution in [3.63, 3.8) is 0 Å². The summed E-state index contributed by atoms with van der Waals surface area (Å²) in [6, 6.07) is 56.9. The van der Waals surface area contributed by atoms with E-state index in [1.54, 1.807) is 10.4 Å². The first-order valence-corrected chi connectivity index (χ1v) is 24.4. The summed E-state index contributed by atoms with van der Waals surface area (Å²) < 4.78 is 1.53. The Kier molecular flexibility index (Phi) is 13.7. The third-order valence-corrected chi connectivity index (χ3v) is 24.0. The fourth-order valence-corrected chi connectivity index (χ4v) is 15.4. The van der Waals surface area contributed by atoms with Gasteiger partial charge in [0, 0.05) is 0 Å². The van der Waals surface area contributed by atoms with Gasteiger partial charge in [-0.3, -0.25) is 0 Å². The average Bonchev–Trinajstić information content (AvgIpc) is 3.81. The van der Waals surface area contributed by atoms with Crippen LogP contribution in [0.15, 0.2) is 133 Å². The van der Waals surface area contributed by atoms with Crippen molar-refractivity contribution in [3.8, 4) is 0 Å². The molecular formula is C43H52HfSi2. The van der Waals surface area contributed by atoms with Gasteiger partial charge in [0.25, 0.3) is 0 Å². The Hall–Kier alpha value is -2.73. The molecule has 0 unspecified atom stereocenters. The minimum absolute atomic E-state index is 1.08. The van der Waals surface area contributed by atoms with Crippen molar-refractivity contribution in [2.75, 3.05) is 0 Å². The molecule has 0 N–H and O–H groups in total. The third-order valence-electron chi connectivity index (χ3n) is 10.7. The van der Waals surface area contributed by atoms with Crippen LogP contribution in [0.1, 0.15) is 52.7 Å². The van der Waals surface area contributed by atoms with Crippen molar-refractivity contribution in [1.29, 1.82) is 0 Å². The summed E-state index contributed by atoms with van der Waals surface area (Å²) in [4.78, 5) is 0. The number of hydrogen-bond donors (Lipinski definition) is 0. The fourth-order valence-electron chi connectivity index (χ4n) is 7.01. The molecule has 0 heterocycles. The zero-order valence-electron chi connectivity index (χ0n) is 28.9. The van der Waals surface area contributed by atoms with Crippen molar-refractivity contribution in [3.05, 3.63) is 145 Å². The van der Waals surface area contributed by atoms with E-state index in [-0.39, 0.29) is 0 Å². The maximum atomic E-state index is 2.45. The number of rotatable bonds is 10. The quantitative estimate of drug-likeness (QED) is 0.0956. The largest absolute Gasteiger partial charge is 0.168 e. The first-order valence-electron chi connectivity index (χ1n) is 17.4. The van der Waals surface area contributed by atoms with Gasteiger partial charge in [0.1, 0.15) is 0 Å². The second-order valence-electron chi connectivity index (χ2n) is 12.5. The first kappa shape index (κ1) is 36.1. The summed E-state index contributed by atoms with van der Waals surface area (Å²) in [6.07, 6.45) is 0. The molecule has 0 aliphatic rings. The van der Waals surface area contributed by atoms with E-state index in [9.17, 15) is 0 Å². The third kappa shape index (κ3) is 8.40. The molecule has 0 saturated heterocycles. The Labute approximate surface area is 295 Å². The number of benzene rings is 4. The van der Waals surface area contributed by atoms with Crippen molar-refractivity contribution >= 4 is 51.3 Å². The van der Waals surface area contributed by atoms with Crippen molar-refractivity contribution in [2.45, 2.75) is 77.8 Å². The molecule has 0 aliphatic carbocycles. The minimum Gasteiger partial charge on any atom is -0.168 e. The van der Waals surface area contributed by atoms with Gasteiger partial charge < -0.3 is 0 Å². The predicted molar refractivity (Wildman–Crippen MR) is 209 cm³/mol. The Bertz CT molecular complexity index is 1560. The van der Waals surface area contributed by atoms with Crippen LogP contribution in [0.3, 0.4) is 0 Å². The molecule has 0 atom stereocenters. The van der Waals surface area contributed by atoms with Gasteiger partial charge in [0.05, 0.1) is 0 Å². The molecule has 46 heavy (non-hydrogen) atoms. The van der Waals surface area contributed by atoms with Crippen LogP contribution in [0.2, 0.25) is 36.3 Å². The van der Waals surface area contributed by atoms with Gasteiger partial charge in [-0.2, -0.15) is 35.0 Å². The summed E-state index contributed by atoms with van der Waals surface area (Å²) in [7, 11) is -2.53. The first-order chi connectivity index (χ1) is 22.4. The van der Waals surface area contributed by atoms with Gasteiger partial charge in [-0.15, -0.1) is 59.3 Å². The van der Waals surface area contributed by atoms with Crippen LogP contribution in [0.5, 0.6) is 0 Å². The van der Waals surface area contributed by atoms with Crippen LogP contribution < -0.4 is 10.4 Å². The molecule has 0 spiro atoms. The van der Waals surface area contributed by atoms with E-state index in [1.165, 1.54) is 72.2 Å². The van der Waals surface area contributed by atoms with E-state index in [0.717, 1.165) is 23.9 Å². The molecule has 0 nitrogen and oxygen atoms in total. The summed E-state index contributed by atoms with van der Waals surface area (Å²) >= 11 is 1.08. The monoisotopic (exact) mass is 804 g/mol. The summed E-state index contributed by atoms with van der Waals surface area (Å²) in [5.74, 6) is 0. The molecule has 6 aromatic carbocycles. The maximum absolute atomic E-state index is 2.45. The second kappa shape index (κ2) is 17.4. The number of fused-ring (bicyclic) bond motifs is 2. The number of hydrogen-bond acceptors (Lipinski definition) is 0. The summed E-state index contributed by atoms with van der Waals surface area (Å²) in [5, 5.41) is 8.63. The molecule has 6 rings (SSSR count). The van der Waals surface area contributed by atoms with Gasteiger partial charge in [-0.05, 0) is 0 Å². The molecule has 236 valence electrons. The van der Waals surface area contributed by atoms with Crippen molar-refractivity contribution in [2.24, 2.45) is 0 Å². The van der Waals surface area contributed by atoms with E-state index in [1.807, 2.05) is 0 Å². The molecule has 0 radical (unpaired) electrons. The Morgan fingerprint density at radius 2 is 0.783 bits per heavy atom. The zero-order chi connectivity index (χ0) is 33.0. The summed E-state index contributed by atoms with van der Waals surface area (Å²) in [6.45, 7) is 14.4. The molecule has 3 heteroatoms. The van der Waals surface area contributed by atoms with Crippen molar-refractivity contribution in [1.82, 2.24) is 0 Å². The van der Waals surface area contributed by atoms with Crippen LogP contribution in [0.25, 0.3) is 21.5 Å². The van der Waals surface area contributed by atoms with E-state index in [4.69, 9.17) is 0 Å². The van der Waals surface area contributed by atoms with Gasteiger partial charge in [0.15, 0.2) is 0 Å². The van der Waals surface area contributed by atoms with Crippen LogP contribution in [-0.4, -0.2) is 19.4 Å². The van der Waals surface area contributed by atoms with Gasteiger partial charge in [0.2, 0.25) is 0 Å². The molecular weight excluding hydrogens is 751 g/mol. The van der Waals surface area contributed by atoms with Crippen LogP contribution in [0, 0.1) is 0 Å². The molecule has 0 bridgehead atoms.